The highest BCUT2D eigenvalue weighted by molar-refractivity contribution is 5.85. The summed E-state index contributed by atoms with van der Waals surface area (Å²) in [6.07, 6.45) is 0.883. The van der Waals surface area contributed by atoms with Gasteiger partial charge >= 0.3 is 0 Å². The van der Waals surface area contributed by atoms with Gasteiger partial charge in [0.15, 0.2) is 0 Å². The largest absolute Gasteiger partial charge is 0.354 e. The lowest BCUT2D eigenvalue weighted by atomic mass is 9.84. The van der Waals surface area contributed by atoms with Crippen molar-refractivity contribution in [3.05, 3.63) is 35.6 Å². The van der Waals surface area contributed by atoms with Gasteiger partial charge in [0, 0.05) is 19.5 Å². The first kappa shape index (κ1) is 15.5. The summed E-state index contributed by atoms with van der Waals surface area (Å²) >= 11 is 0. The Morgan fingerprint density at radius 3 is 2.52 bits per heavy atom. The summed E-state index contributed by atoms with van der Waals surface area (Å²) in [4.78, 5) is 25.9. The molecule has 1 aliphatic rings. The monoisotopic (exact) mass is 292 g/mol. The molecule has 0 spiro atoms. The standard InChI is InChI=1S/C16H21FN2O2/c1-10(2)18-16(21)13-8-9-14(20)19(3)15(13)11-4-6-12(17)7-5-11/h4-7,10,13,15H,8-9H2,1-3H3,(H,18,21)/t13-,15-/m1/s1. The van der Waals surface area contributed by atoms with Crippen LogP contribution >= 0.6 is 0 Å². The Kier molecular flexibility index (Phi) is 4.60. The molecule has 1 N–H and O–H groups in total. The molecule has 0 aromatic heterocycles. The molecular weight excluding hydrogens is 271 g/mol. The average molecular weight is 292 g/mol. The Bertz CT molecular complexity index is 528. The molecule has 2 amide bonds. The SMILES string of the molecule is CC(C)NC(=O)[C@@H]1CCC(=O)N(C)[C@@H]1c1ccc(F)cc1. The Hall–Kier alpha value is -1.91. The Morgan fingerprint density at radius 1 is 1.33 bits per heavy atom. The van der Waals surface area contributed by atoms with Gasteiger partial charge in [0.2, 0.25) is 11.8 Å². The first-order chi connectivity index (χ1) is 9.90. The fourth-order valence-electron chi connectivity index (χ4n) is 2.82. The van der Waals surface area contributed by atoms with Crippen LogP contribution in [0.5, 0.6) is 0 Å². The van der Waals surface area contributed by atoms with E-state index in [1.54, 1.807) is 24.1 Å². The van der Waals surface area contributed by atoms with E-state index in [9.17, 15) is 14.0 Å². The highest BCUT2D eigenvalue weighted by atomic mass is 19.1. The quantitative estimate of drug-likeness (QED) is 0.929. The van der Waals surface area contributed by atoms with Gasteiger partial charge in [0.05, 0.1) is 12.0 Å². The maximum atomic E-state index is 13.1. The van der Waals surface area contributed by atoms with Crippen LogP contribution in [0.25, 0.3) is 0 Å². The zero-order valence-corrected chi connectivity index (χ0v) is 12.6. The molecule has 0 aliphatic carbocycles. The third-order valence-electron chi connectivity index (χ3n) is 3.84. The van der Waals surface area contributed by atoms with Crippen LogP contribution in [0, 0.1) is 11.7 Å². The molecule has 0 saturated carbocycles. The van der Waals surface area contributed by atoms with E-state index in [0.29, 0.717) is 12.8 Å². The van der Waals surface area contributed by atoms with E-state index in [1.165, 1.54) is 12.1 Å². The van der Waals surface area contributed by atoms with Crippen LogP contribution in [0.15, 0.2) is 24.3 Å². The lowest BCUT2D eigenvalue weighted by Crippen LogP contribution is -2.47. The summed E-state index contributed by atoms with van der Waals surface area (Å²) in [5, 5.41) is 2.91. The highest BCUT2D eigenvalue weighted by Crippen LogP contribution is 2.35. The minimum atomic E-state index is -0.342. The van der Waals surface area contributed by atoms with Crippen molar-refractivity contribution in [3.8, 4) is 0 Å². The van der Waals surface area contributed by atoms with E-state index < -0.39 is 0 Å². The molecular formula is C16H21FN2O2. The number of carbonyl (C=O) groups is 2. The molecule has 5 heteroatoms. The fraction of sp³-hybridized carbons (Fsp3) is 0.500. The molecule has 2 rings (SSSR count). The molecule has 1 saturated heterocycles. The van der Waals surface area contributed by atoms with Gasteiger partial charge < -0.3 is 10.2 Å². The summed E-state index contributed by atoms with van der Waals surface area (Å²) < 4.78 is 13.1. The van der Waals surface area contributed by atoms with Crippen LogP contribution in [0.3, 0.4) is 0 Å². The van der Waals surface area contributed by atoms with Gasteiger partial charge in [0.25, 0.3) is 0 Å². The maximum Gasteiger partial charge on any atom is 0.225 e. The normalized spacial score (nSPS) is 22.5. The minimum absolute atomic E-state index is 0.0120. The molecule has 1 aromatic carbocycles. The number of nitrogens with zero attached hydrogens (tertiary/aromatic N) is 1. The second-order valence-corrected chi connectivity index (χ2v) is 5.81. The number of halogens is 1. The average Bonchev–Trinajstić information content (AvgIpc) is 2.42. The summed E-state index contributed by atoms with van der Waals surface area (Å²) in [5.41, 5.74) is 0.788. The topological polar surface area (TPSA) is 49.4 Å². The van der Waals surface area contributed by atoms with E-state index in [1.807, 2.05) is 13.8 Å². The van der Waals surface area contributed by atoms with Gasteiger partial charge in [-0.2, -0.15) is 0 Å². The molecule has 1 fully saturated rings. The Balaban J connectivity index is 2.31. The van der Waals surface area contributed by atoms with Crippen LogP contribution in [-0.4, -0.2) is 29.8 Å². The van der Waals surface area contributed by atoms with E-state index in [4.69, 9.17) is 0 Å². The lowest BCUT2D eigenvalue weighted by Gasteiger charge is -2.38. The molecule has 0 radical (unpaired) electrons. The third kappa shape index (κ3) is 3.40. The first-order valence-corrected chi connectivity index (χ1v) is 7.21. The Labute approximate surface area is 124 Å². The van der Waals surface area contributed by atoms with Gasteiger partial charge in [0.1, 0.15) is 5.82 Å². The predicted octanol–water partition coefficient (Wildman–Crippen LogP) is 2.26. The number of likely N-dealkylation sites (tertiary alicyclic amines) is 1. The van der Waals surface area contributed by atoms with Crippen LogP contribution in [-0.2, 0) is 9.59 Å². The smallest absolute Gasteiger partial charge is 0.225 e. The molecule has 0 bridgehead atoms. The number of amides is 2. The Morgan fingerprint density at radius 2 is 1.95 bits per heavy atom. The zero-order valence-electron chi connectivity index (χ0n) is 12.6. The van der Waals surface area contributed by atoms with E-state index in [0.717, 1.165) is 5.56 Å². The third-order valence-corrected chi connectivity index (χ3v) is 3.84. The molecule has 0 unspecified atom stereocenters. The number of piperidine rings is 1. The van der Waals surface area contributed by atoms with Gasteiger partial charge in [-0.15, -0.1) is 0 Å². The van der Waals surface area contributed by atoms with Crippen molar-refractivity contribution in [2.45, 2.75) is 38.8 Å². The van der Waals surface area contributed by atoms with Gasteiger partial charge in [-0.1, -0.05) is 12.1 Å². The van der Waals surface area contributed by atoms with Gasteiger partial charge in [-0.05, 0) is 38.0 Å². The fourth-order valence-corrected chi connectivity index (χ4v) is 2.82. The minimum Gasteiger partial charge on any atom is -0.354 e. The molecule has 1 aliphatic heterocycles. The van der Waals surface area contributed by atoms with Crippen molar-refractivity contribution in [2.24, 2.45) is 5.92 Å². The molecule has 2 atom stereocenters. The van der Waals surface area contributed by atoms with E-state index in [2.05, 4.69) is 5.32 Å². The maximum absolute atomic E-state index is 13.1. The number of nitrogens with one attached hydrogen (secondary N) is 1. The lowest BCUT2D eigenvalue weighted by molar-refractivity contribution is -0.141. The van der Waals surface area contributed by atoms with Crippen LogP contribution < -0.4 is 5.32 Å². The van der Waals surface area contributed by atoms with Crippen molar-refractivity contribution in [2.75, 3.05) is 7.05 Å². The summed E-state index contributed by atoms with van der Waals surface area (Å²) in [5.74, 6) is -0.677. The summed E-state index contributed by atoms with van der Waals surface area (Å²) in [6.45, 7) is 3.81. The van der Waals surface area contributed by atoms with Gasteiger partial charge in [-0.25, -0.2) is 4.39 Å². The highest BCUT2D eigenvalue weighted by Gasteiger charge is 2.38. The summed E-state index contributed by atoms with van der Waals surface area (Å²) in [7, 11) is 1.70. The zero-order chi connectivity index (χ0) is 15.6. The molecule has 21 heavy (non-hydrogen) atoms. The summed E-state index contributed by atoms with van der Waals surface area (Å²) in [6, 6.07) is 5.72. The van der Waals surface area contributed by atoms with E-state index >= 15 is 0 Å². The van der Waals surface area contributed by atoms with Crippen molar-refractivity contribution in [3.63, 3.8) is 0 Å². The van der Waals surface area contributed by atoms with E-state index in [-0.39, 0.29) is 35.6 Å². The van der Waals surface area contributed by atoms with Crippen molar-refractivity contribution in [1.82, 2.24) is 10.2 Å². The van der Waals surface area contributed by atoms with Crippen LogP contribution in [0.4, 0.5) is 4.39 Å². The van der Waals surface area contributed by atoms with Gasteiger partial charge in [-0.3, -0.25) is 9.59 Å². The predicted molar refractivity (Wildman–Crippen MR) is 77.9 cm³/mol. The number of carbonyl (C=O) groups excluding carboxylic acids is 2. The molecule has 1 aromatic rings. The molecule has 4 nitrogen and oxygen atoms in total. The van der Waals surface area contributed by atoms with Crippen molar-refractivity contribution < 1.29 is 14.0 Å². The number of benzene rings is 1. The second kappa shape index (κ2) is 6.24. The second-order valence-electron chi connectivity index (χ2n) is 5.81. The number of rotatable bonds is 3. The molecule has 114 valence electrons. The van der Waals surface area contributed by atoms with Crippen molar-refractivity contribution in [1.29, 1.82) is 0 Å². The molecule has 1 heterocycles. The van der Waals surface area contributed by atoms with Crippen molar-refractivity contribution >= 4 is 11.8 Å². The number of hydrogen-bond donors (Lipinski definition) is 1. The van der Waals surface area contributed by atoms with Crippen LogP contribution in [0.1, 0.15) is 38.3 Å². The first-order valence-electron chi connectivity index (χ1n) is 7.21. The number of hydrogen-bond acceptors (Lipinski definition) is 2. The van der Waals surface area contributed by atoms with Crippen LogP contribution in [0.2, 0.25) is 0 Å².